The van der Waals surface area contributed by atoms with E-state index >= 15 is 0 Å². The van der Waals surface area contributed by atoms with Crippen molar-refractivity contribution in [3.63, 3.8) is 0 Å². The third kappa shape index (κ3) is 3.50. The van der Waals surface area contributed by atoms with Gasteiger partial charge in [-0.05, 0) is 48.7 Å². The Labute approximate surface area is 138 Å². The third-order valence-corrected chi connectivity index (χ3v) is 4.31. The zero-order valence-corrected chi connectivity index (χ0v) is 12.9. The van der Waals surface area contributed by atoms with Crippen molar-refractivity contribution in [2.45, 2.75) is 18.3 Å². The van der Waals surface area contributed by atoms with Crippen molar-refractivity contribution in [1.82, 2.24) is 5.32 Å². The molecule has 0 aliphatic heterocycles. The van der Waals surface area contributed by atoms with Crippen LogP contribution in [0.3, 0.4) is 0 Å². The molecule has 1 saturated carbocycles. The number of rotatable bonds is 5. The lowest BCUT2D eigenvalue weighted by Crippen LogP contribution is -2.31. The maximum Gasteiger partial charge on any atom is 0.244 e. The lowest BCUT2D eigenvalue weighted by molar-refractivity contribution is -0.116. The minimum absolute atomic E-state index is 0.166. The molecule has 1 aliphatic rings. The molecular formula is C19H16F3NO. The summed E-state index contributed by atoms with van der Waals surface area (Å²) in [5, 5.41) is 2.74. The molecule has 1 fully saturated rings. The Hall–Kier alpha value is -2.56. The van der Waals surface area contributed by atoms with Gasteiger partial charge in [-0.2, -0.15) is 0 Å². The van der Waals surface area contributed by atoms with Gasteiger partial charge in [0.1, 0.15) is 17.5 Å². The van der Waals surface area contributed by atoms with E-state index in [1.54, 1.807) is 12.1 Å². The van der Waals surface area contributed by atoms with E-state index in [1.807, 2.05) is 0 Å². The number of carbonyl (C=O) groups is 1. The zero-order valence-electron chi connectivity index (χ0n) is 12.9. The minimum Gasteiger partial charge on any atom is -0.352 e. The summed E-state index contributed by atoms with van der Waals surface area (Å²) in [6, 6.07) is 9.78. The molecule has 5 heteroatoms. The Morgan fingerprint density at radius 2 is 1.67 bits per heavy atom. The number of hydrogen-bond acceptors (Lipinski definition) is 1. The molecule has 0 heterocycles. The summed E-state index contributed by atoms with van der Waals surface area (Å²) in [4.78, 5) is 11.9. The number of nitrogens with one attached hydrogen (secondary N) is 1. The Kier molecular flexibility index (Phi) is 4.42. The van der Waals surface area contributed by atoms with E-state index in [-0.39, 0.29) is 16.8 Å². The molecule has 0 saturated heterocycles. The molecule has 0 radical (unpaired) electrons. The third-order valence-electron chi connectivity index (χ3n) is 4.31. The Bertz CT molecular complexity index is 759. The molecule has 2 nitrogen and oxygen atoms in total. The summed E-state index contributed by atoms with van der Waals surface area (Å²) in [5.41, 5.74) is 0.570. The molecule has 1 amide bonds. The predicted molar refractivity (Wildman–Crippen MR) is 85.7 cm³/mol. The highest BCUT2D eigenvalue weighted by molar-refractivity contribution is 5.91. The zero-order chi connectivity index (χ0) is 17.2. The summed E-state index contributed by atoms with van der Waals surface area (Å²) in [7, 11) is 0. The van der Waals surface area contributed by atoms with Gasteiger partial charge >= 0.3 is 0 Å². The number of halogens is 3. The van der Waals surface area contributed by atoms with Gasteiger partial charge in [-0.3, -0.25) is 4.79 Å². The maximum absolute atomic E-state index is 13.5. The van der Waals surface area contributed by atoms with Crippen molar-refractivity contribution in [3.05, 3.63) is 77.1 Å². The fraction of sp³-hybridized carbons (Fsp3) is 0.211. The second-order valence-corrected chi connectivity index (χ2v) is 5.97. The van der Waals surface area contributed by atoms with Gasteiger partial charge in [0.15, 0.2) is 0 Å². The Morgan fingerprint density at radius 1 is 1.04 bits per heavy atom. The maximum atomic E-state index is 13.5. The van der Waals surface area contributed by atoms with Crippen molar-refractivity contribution in [3.8, 4) is 0 Å². The summed E-state index contributed by atoms with van der Waals surface area (Å²) in [6.45, 7) is 0.404. The predicted octanol–water partition coefficient (Wildman–Crippen LogP) is 3.97. The van der Waals surface area contributed by atoms with Crippen LogP contribution in [0.1, 0.15) is 24.0 Å². The average molecular weight is 331 g/mol. The van der Waals surface area contributed by atoms with Crippen LogP contribution in [-0.2, 0) is 10.2 Å². The molecule has 3 rings (SSSR count). The van der Waals surface area contributed by atoms with E-state index in [1.165, 1.54) is 18.2 Å². The molecule has 0 aromatic heterocycles. The van der Waals surface area contributed by atoms with E-state index in [0.717, 1.165) is 42.7 Å². The first-order chi connectivity index (χ1) is 11.5. The second-order valence-electron chi connectivity index (χ2n) is 5.97. The van der Waals surface area contributed by atoms with Crippen LogP contribution in [0.15, 0.2) is 48.5 Å². The summed E-state index contributed by atoms with van der Waals surface area (Å²) >= 11 is 0. The van der Waals surface area contributed by atoms with Gasteiger partial charge in [-0.1, -0.05) is 18.2 Å². The van der Waals surface area contributed by atoms with E-state index in [4.69, 9.17) is 0 Å². The normalized spacial score (nSPS) is 15.5. The standard InChI is InChI=1S/C19H16F3NO/c20-14-6-4-13(5-7-14)19(10-11-19)12-23-18(24)9-8-15-16(21)2-1-3-17(15)22/h1-9H,10-12H2,(H,23,24)/b9-8+. The fourth-order valence-electron chi connectivity index (χ4n) is 2.67. The van der Waals surface area contributed by atoms with E-state index in [9.17, 15) is 18.0 Å². The molecular weight excluding hydrogens is 315 g/mol. The van der Waals surface area contributed by atoms with Crippen LogP contribution in [0.25, 0.3) is 6.08 Å². The first-order valence-corrected chi connectivity index (χ1v) is 7.66. The smallest absolute Gasteiger partial charge is 0.244 e. The number of carbonyl (C=O) groups excluding carboxylic acids is 1. The molecule has 2 aromatic carbocycles. The first kappa shape index (κ1) is 16.3. The van der Waals surface area contributed by atoms with Crippen LogP contribution in [0.5, 0.6) is 0 Å². The quantitative estimate of drug-likeness (QED) is 0.826. The molecule has 0 atom stereocenters. The SMILES string of the molecule is O=C(/C=C/c1c(F)cccc1F)NCC1(c2ccc(F)cc2)CC1. The van der Waals surface area contributed by atoms with Crippen LogP contribution < -0.4 is 5.32 Å². The molecule has 1 aliphatic carbocycles. The van der Waals surface area contributed by atoms with Crippen molar-refractivity contribution >= 4 is 12.0 Å². The van der Waals surface area contributed by atoms with E-state index in [2.05, 4.69) is 5.32 Å². The average Bonchev–Trinajstić information content (AvgIpc) is 3.34. The fourth-order valence-corrected chi connectivity index (χ4v) is 2.67. The van der Waals surface area contributed by atoms with Gasteiger partial charge in [0.25, 0.3) is 0 Å². The van der Waals surface area contributed by atoms with Crippen LogP contribution in [0.2, 0.25) is 0 Å². The van der Waals surface area contributed by atoms with Crippen molar-refractivity contribution in [2.75, 3.05) is 6.54 Å². The molecule has 2 aromatic rings. The van der Waals surface area contributed by atoms with Gasteiger partial charge in [-0.15, -0.1) is 0 Å². The van der Waals surface area contributed by atoms with Gasteiger partial charge in [0.2, 0.25) is 5.91 Å². The minimum atomic E-state index is -0.718. The molecule has 0 bridgehead atoms. The molecule has 1 N–H and O–H groups in total. The largest absolute Gasteiger partial charge is 0.352 e. The summed E-state index contributed by atoms with van der Waals surface area (Å²) < 4.78 is 40.0. The van der Waals surface area contributed by atoms with Crippen molar-refractivity contribution < 1.29 is 18.0 Å². The Balaban J connectivity index is 1.62. The number of benzene rings is 2. The van der Waals surface area contributed by atoms with Gasteiger partial charge in [0.05, 0.1) is 0 Å². The molecule has 0 unspecified atom stereocenters. The van der Waals surface area contributed by atoms with Crippen LogP contribution in [0.4, 0.5) is 13.2 Å². The molecule has 0 spiro atoms. The van der Waals surface area contributed by atoms with Gasteiger partial charge < -0.3 is 5.32 Å². The lowest BCUT2D eigenvalue weighted by Gasteiger charge is -2.16. The summed E-state index contributed by atoms with van der Waals surface area (Å²) in [6.07, 6.45) is 4.05. The Morgan fingerprint density at radius 3 is 2.25 bits per heavy atom. The first-order valence-electron chi connectivity index (χ1n) is 7.66. The molecule has 24 heavy (non-hydrogen) atoms. The molecule has 124 valence electrons. The van der Waals surface area contributed by atoms with Crippen LogP contribution in [-0.4, -0.2) is 12.5 Å². The van der Waals surface area contributed by atoms with E-state index in [0.29, 0.717) is 6.54 Å². The highest BCUT2D eigenvalue weighted by Crippen LogP contribution is 2.47. The van der Waals surface area contributed by atoms with E-state index < -0.39 is 17.5 Å². The topological polar surface area (TPSA) is 29.1 Å². The van der Waals surface area contributed by atoms with Crippen molar-refractivity contribution in [1.29, 1.82) is 0 Å². The van der Waals surface area contributed by atoms with Gasteiger partial charge in [0, 0.05) is 23.6 Å². The monoisotopic (exact) mass is 331 g/mol. The highest BCUT2D eigenvalue weighted by Gasteiger charge is 2.44. The second kappa shape index (κ2) is 6.51. The highest BCUT2D eigenvalue weighted by atomic mass is 19.1. The van der Waals surface area contributed by atoms with Crippen molar-refractivity contribution in [2.24, 2.45) is 0 Å². The lowest BCUT2D eigenvalue weighted by atomic mass is 9.96. The number of amides is 1. The van der Waals surface area contributed by atoms with Crippen LogP contribution in [0, 0.1) is 17.5 Å². The summed E-state index contributed by atoms with van der Waals surface area (Å²) in [5.74, 6) is -2.16. The van der Waals surface area contributed by atoms with Crippen LogP contribution >= 0.6 is 0 Å². The number of hydrogen-bond donors (Lipinski definition) is 1. The van der Waals surface area contributed by atoms with Gasteiger partial charge in [-0.25, -0.2) is 13.2 Å².